The van der Waals surface area contributed by atoms with Crippen molar-refractivity contribution in [2.75, 3.05) is 7.05 Å². The van der Waals surface area contributed by atoms with E-state index in [1.807, 2.05) is 18.4 Å². The zero-order chi connectivity index (χ0) is 10.5. The van der Waals surface area contributed by atoms with Crippen LogP contribution in [0.15, 0.2) is 41.8 Å². The second kappa shape index (κ2) is 5.10. The van der Waals surface area contributed by atoms with Gasteiger partial charge < -0.3 is 5.32 Å². The number of nitrogens with one attached hydrogen (secondary N) is 1. The van der Waals surface area contributed by atoms with E-state index in [4.69, 9.17) is 0 Å². The molecule has 1 heterocycles. The zero-order valence-electron chi connectivity index (χ0n) is 8.86. The van der Waals surface area contributed by atoms with Crippen molar-refractivity contribution in [2.24, 2.45) is 0 Å². The highest BCUT2D eigenvalue weighted by Gasteiger charge is 1.98. The van der Waals surface area contributed by atoms with Crippen LogP contribution in [0.4, 0.5) is 0 Å². The van der Waals surface area contributed by atoms with Crippen LogP contribution in [-0.4, -0.2) is 7.05 Å². The number of rotatable bonds is 4. The van der Waals surface area contributed by atoms with Gasteiger partial charge in [-0.15, -0.1) is 11.3 Å². The topological polar surface area (TPSA) is 12.0 Å². The predicted octanol–water partition coefficient (Wildman–Crippen LogP) is 3.06. The Labute approximate surface area is 94.8 Å². The summed E-state index contributed by atoms with van der Waals surface area (Å²) in [7, 11) is 1.98. The lowest BCUT2D eigenvalue weighted by Gasteiger charge is -2.03. The number of thiophene rings is 1. The first kappa shape index (κ1) is 10.4. The third-order valence-corrected chi connectivity index (χ3v) is 3.21. The van der Waals surface area contributed by atoms with Crippen LogP contribution in [0, 0.1) is 0 Å². The third-order valence-electron chi connectivity index (χ3n) is 2.33. The molecule has 0 bridgehead atoms. The highest BCUT2D eigenvalue weighted by Crippen LogP contribution is 2.15. The maximum atomic E-state index is 3.17. The van der Waals surface area contributed by atoms with Crippen molar-refractivity contribution in [1.29, 1.82) is 0 Å². The molecule has 0 aliphatic heterocycles. The van der Waals surface area contributed by atoms with Crippen LogP contribution < -0.4 is 5.32 Å². The van der Waals surface area contributed by atoms with E-state index >= 15 is 0 Å². The summed E-state index contributed by atoms with van der Waals surface area (Å²) in [5.74, 6) is 0. The summed E-state index contributed by atoms with van der Waals surface area (Å²) < 4.78 is 0. The SMILES string of the molecule is CNCc1cccc(Cc2cccs2)c1. The maximum Gasteiger partial charge on any atom is 0.0202 e. The van der Waals surface area contributed by atoms with E-state index in [1.54, 1.807) is 0 Å². The van der Waals surface area contributed by atoms with E-state index in [0.29, 0.717) is 0 Å². The molecule has 1 aromatic carbocycles. The molecule has 78 valence electrons. The Bertz CT molecular complexity index is 406. The Hall–Kier alpha value is -1.12. The predicted molar refractivity (Wildman–Crippen MR) is 66.3 cm³/mol. The highest BCUT2D eigenvalue weighted by atomic mass is 32.1. The lowest BCUT2D eigenvalue weighted by atomic mass is 10.1. The highest BCUT2D eigenvalue weighted by molar-refractivity contribution is 7.09. The molecule has 0 atom stereocenters. The summed E-state index contributed by atoms with van der Waals surface area (Å²) >= 11 is 1.82. The lowest BCUT2D eigenvalue weighted by Crippen LogP contribution is -2.05. The van der Waals surface area contributed by atoms with Crippen molar-refractivity contribution in [3.63, 3.8) is 0 Å². The van der Waals surface area contributed by atoms with Gasteiger partial charge in [0.15, 0.2) is 0 Å². The van der Waals surface area contributed by atoms with Gasteiger partial charge in [0.1, 0.15) is 0 Å². The molecular weight excluding hydrogens is 202 g/mol. The number of hydrogen-bond acceptors (Lipinski definition) is 2. The van der Waals surface area contributed by atoms with Gasteiger partial charge in [0.2, 0.25) is 0 Å². The van der Waals surface area contributed by atoms with Gasteiger partial charge in [-0.3, -0.25) is 0 Å². The van der Waals surface area contributed by atoms with Gasteiger partial charge in [-0.05, 0) is 29.6 Å². The van der Waals surface area contributed by atoms with E-state index in [0.717, 1.165) is 13.0 Å². The van der Waals surface area contributed by atoms with Gasteiger partial charge in [0.05, 0.1) is 0 Å². The Morgan fingerprint density at radius 2 is 2.00 bits per heavy atom. The van der Waals surface area contributed by atoms with Crippen molar-refractivity contribution < 1.29 is 0 Å². The average molecular weight is 217 g/mol. The molecule has 0 fully saturated rings. The van der Waals surface area contributed by atoms with Gasteiger partial charge in [0, 0.05) is 17.8 Å². The normalized spacial score (nSPS) is 10.5. The van der Waals surface area contributed by atoms with E-state index in [9.17, 15) is 0 Å². The molecule has 0 saturated heterocycles. The first-order chi connectivity index (χ1) is 7.38. The van der Waals surface area contributed by atoms with E-state index in [-0.39, 0.29) is 0 Å². The first-order valence-electron chi connectivity index (χ1n) is 5.13. The van der Waals surface area contributed by atoms with Crippen molar-refractivity contribution in [2.45, 2.75) is 13.0 Å². The molecule has 1 aromatic heterocycles. The first-order valence-corrected chi connectivity index (χ1v) is 6.01. The minimum Gasteiger partial charge on any atom is -0.316 e. The standard InChI is InChI=1S/C13H15NS/c1-14-10-12-5-2-4-11(8-12)9-13-6-3-7-15-13/h2-8,14H,9-10H2,1H3. The van der Waals surface area contributed by atoms with Gasteiger partial charge in [-0.25, -0.2) is 0 Å². The van der Waals surface area contributed by atoms with E-state index < -0.39 is 0 Å². The number of hydrogen-bond donors (Lipinski definition) is 1. The summed E-state index contributed by atoms with van der Waals surface area (Å²) in [6.45, 7) is 0.943. The zero-order valence-corrected chi connectivity index (χ0v) is 9.68. The van der Waals surface area contributed by atoms with Crippen LogP contribution in [0.1, 0.15) is 16.0 Å². The van der Waals surface area contributed by atoms with Crippen molar-refractivity contribution >= 4 is 11.3 Å². The molecule has 2 heteroatoms. The smallest absolute Gasteiger partial charge is 0.0202 e. The quantitative estimate of drug-likeness (QED) is 0.830. The second-order valence-corrected chi connectivity index (χ2v) is 4.64. The molecule has 0 aliphatic rings. The summed E-state index contributed by atoms with van der Waals surface area (Å²) in [6.07, 6.45) is 1.05. The minimum atomic E-state index is 0.943. The van der Waals surface area contributed by atoms with Crippen LogP contribution in [0.25, 0.3) is 0 Å². The largest absolute Gasteiger partial charge is 0.316 e. The van der Waals surface area contributed by atoms with Gasteiger partial charge in [-0.1, -0.05) is 30.3 Å². The van der Waals surface area contributed by atoms with Crippen LogP contribution >= 0.6 is 11.3 Å². The van der Waals surface area contributed by atoms with Crippen molar-refractivity contribution in [3.05, 3.63) is 57.8 Å². The molecule has 1 N–H and O–H groups in total. The van der Waals surface area contributed by atoms with Crippen molar-refractivity contribution in [1.82, 2.24) is 5.32 Å². The lowest BCUT2D eigenvalue weighted by molar-refractivity contribution is 0.816. The summed E-state index contributed by atoms with van der Waals surface area (Å²) in [6, 6.07) is 13.1. The molecule has 0 saturated carbocycles. The minimum absolute atomic E-state index is 0.943. The van der Waals surface area contributed by atoms with Crippen LogP contribution in [0.5, 0.6) is 0 Å². The molecular formula is C13H15NS. The molecule has 0 aliphatic carbocycles. The summed E-state index contributed by atoms with van der Waals surface area (Å²) in [5, 5.41) is 5.30. The molecule has 2 rings (SSSR count). The molecule has 0 radical (unpaired) electrons. The maximum absolute atomic E-state index is 3.17. The monoisotopic (exact) mass is 217 g/mol. The second-order valence-electron chi connectivity index (χ2n) is 3.61. The Kier molecular flexibility index (Phi) is 3.54. The fraction of sp³-hybridized carbons (Fsp3) is 0.231. The molecule has 1 nitrogen and oxygen atoms in total. The molecule has 15 heavy (non-hydrogen) atoms. The average Bonchev–Trinajstić information content (AvgIpc) is 2.71. The molecule has 0 unspecified atom stereocenters. The van der Waals surface area contributed by atoms with Gasteiger partial charge in [0.25, 0.3) is 0 Å². The fourth-order valence-electron chi connectivity index (χ4n) is 1.67. The van der Waals surface area contributed by atoms with Crippen molar-refractivity contribution in [3.8, 4) is 0 Å². The van der Waals surface area contributed by atoms with E-state index in [1.165, 1.54) is 16.0 Å². The van der Waals surface area contributed by atoms with Crippen LogP contribution in [0.3, 0.4) is 0 Å². The fourth-order valence-corrected chi connectivity index (χ4v) is 2.41. The van der Waals surface area contributed by atoms with E-state index in [2.05, 4.69) is 47.1 Å². The van der Waals surface area contributed by atoms with Gasteiger partial charge in [-0.2, -0.15) is 0 Å². The summed E-state index contributed by atoms with van der Waals surface area (Å²) in [5.41, 5.74) is 2.75. The number of benzene rings is 1. The Morgan fingerprint density at radius 3 is 2.73 bits per heavy atom. The summed E-state index contributed by atoms with van der Waals surface area (Å²) in [4.78, 5) is 1.43. The van der Waals surface area contributed by atoms with Crippen LogP contribution in [-0.2, 0) is 13.0 Å². The molecule has 0 spiro atoms. The molecule has 0 amide bonds. The Morgan fingerprint density at radius 1 is 1.13 bits per heavy atom. The van der Waals surface area contributed by atoms with Gasteiger partial charge >= 0.3 is 0 Å². The third kappa shape index (κ3) is 2.91. The van der Waals surface area contributed by atoms with Crippen LogP contribution in [0.2, 0.25) is 0 Å². The molecule has 2 aromatic rings. The Balaban J connectivity index is 2.11.